The zero-order chi connectivity index (χ0) is 19.8. The molecule has 0 aliphatic carbocycles. The molecule has 0 aliphatic rings. The van der Waals surface area contributed by atoms with Crippen molar-refractivity contribution < 1.29 is 9.13 Å². The molecule has 1 N–H and O–H groups in total. The summed E-state index contributed by atoms with van der Waals surface area (Å²) < 4.78 is 19.5. The lowest BCUT2D eigenvalue weighted by molar-refractivity contribution is 0.300. The van der Waals surface area contributed by atoms with Gasteiger partial charge < -0.3 is 10.1 Å². The molecule has 0 heterocycles. The van der Waals surface area contributed by atoms with E-state index in [1.807, 2.05) is 30.3 Å². The first-order valence-corrected chi connectivity index (χ1v) is 9.98. The summed E-state index contributed by atoms with van der Waals surface area (Å²) in [6.07, 6.45) is 2.21. The molecule has 1 atom stereocenters. The van der Waals surface area contributed by atoms with Crippen LogP contribution in [0.2, 0.25) is 5.02 Å². The van der Waals surface area contributed by atoms with Crippen LogP contribution in [0.3, 0.4) is 0 Å². The summed E-state index contributed by atoms with van der Waals surface area (Å²) in [7, 11) is 0. The van der Waals surface area contributed by atoms with E-state index in [2.05, 4.69) is 36.5 Å². The molecule has 0 aliphatic heterocycles. The van der Waals surface area contributed by atoms with Crippen molar-refractivity contribution in [1.29, 1.82) is 0 Å². The summed E-state index contributed by atoms with van der Waals surface area (Å²) >= 11 is 6.04. The molecular weight excluding hydrogens is 373 g/mol. The Morgan fingerprint density at radius 1 is 0.964 bits per heavy atom. The second-order valence-electron chi connectivity index (χ2n) is 6.77. The molecule has 0 aromatic heterocycles. The third kappa shape index (κ3) is 5.57. The monoisotopic (exact) mass is 397 g/mol. The highest BCUT2D eigenvalue weighted by Crippen LogP contribution is 2.22. The molecule has 4 heteroatoms. The van der Waals surface area contributed by atoms with E-state index in [4.69, 9.17) is 16.3 Å². The lowest BCUT2D eigenvalue weighted by atomic mass is 10.0. The zero-order valence-electron chi connectivity index (χ0n) is 16.0. The minimum atomic E-state index is -0.351. The quantitative estimate of drug-likeness (QED) is 0.434. The predicted molar refractivity (Wildman–Crippen MR) is 113 cm³/mol. The highest BCUT2D eigenvalue weighted by Gasteiger charge is 2.10. The molecule has 0 bridgehead atoms. The molecule has 3 aromatic carbocycles. The SMILES string of the molecule is CCCC(NCc1ccc(OCc2c(F)cccc2Cl)cc1)c1ccccc1. The van der Waals surface area contributed by atoms with Gasteiger partial charge in [-0.05, 0) is 41.8 Å². The van der Waals surface area contributed by atoms with Crippen LogP contribution in [0.15, 0.2) is 72.8 Å². The molecule has 0 saturated carbocycles. The van der Waals surface area contributed by atoms with Gasteiger partial charge in [0.05, 0.1) is 5.02 Å². The summed E-state index contributed by atoms with van der Waals surface area (Å²) in [5.41, 5.74) is 2.86. The highest BCUT2D eigenvalue weighted by atomic mass is 35.5. The van der Waals surface area contributed by atoms with Crippen molar-refractivity contribution in [2.24, 2.45) is 0 Å². The maximum atomic E-state index is 13.8. The first-order chi connectivity index (χ1) is 13.7. The molecule has 0 radical (unpaired) electrons. The fourth-order valence-electron chi connectivity index (χ4n) is 3.13. The third-order valence-electron chi connectivity index (χ3n) is 4.70. The van der Waals surface area contributed by atoms with E-state index in [1.165, 1.54) is 17.2 Å². The Balaban J connectivity index is 1.56. The molecule has 0 amide bonds. The second-order valence-corrected chi connectivity index (χ2v) is 7.17. The van der Waals surface area contributed by atoms with E-state index in [0.717, 1.165) is 19.4 Å². The summed E-state index contributed by atoms with van der Waals surface area (Å²) in [6.45, 7) is 3.08. The normalized spacial score (nSPS) is 12.0. The third-order valence-corrected chi connectivity index (χ3v) is 5.05. The molecule has 3 aromatic rings. The van der Waals surface area contributed by atoms with E-state index in [1.54, 1.807) is 12.1 Å². The highest BCUT2D eigenvalue weighted by molar-refractivity contribution is 6.31. The maximum Gasteiger partial charge on any atom is 0.131 e. The number of hydrogen-bond donors (Lipinski definition) is 1. The molecule has 0 saturated heterocycles. The van der Waals surface area contributed by atoms with Crippen LogP contribution in [-0.2, 0) is 13.2 Å². The van der Waals surface area contributed by atoms with Crippen molar-refractivity contribution in [3.63, 3.8) is 0 Å². The molecule has 146 valence electrons. The van der Waals surface area contributed by atoms with Crippen LogP contribution in [0.25, 0.3) is 0 Å². The van der Waals surface area contributed by atoms with Crippen molar-refractivity contribution in [3.8, 4) is 5.75 Å². The summed E-state index contributed by atoms with van der Waals surface area (Å²) in [5, 5.41) is 4.02. The van der Waals surface area contributed by atoms with Crippen molar-refractivity contribution in [3.05, 3.63) is 100 Å². The van der Waals surface area contributed by atoms with Gasteiger partial charge in [-0.15, -0.1) is 0 Å². The Hall–Kier alpha value is -2.36. The van der Waals surface area contributed by atoms with Crippen LogP contribution in [0.1, 0.15) is 42.5 Å². The van der Waals surface area contributed by atoms with Crippen molar-refractivity contribution in [1.82, 2.24) is 5.32 Å². The number of ether oxygens (including phenoxy) is 1. The Morgan fingerprint density at radius 3 is 2.39 bits per heavy atom. The molecule has 0 fully saturated rings. The predicted octanol–water partition coefficient (Wildman–Crippen LogP) is 6.69. The Labute approximate surface area is 171 Å². The largest absolute Gasteiger partial charge is 0.489 e. The van der Waals surface area contributed by atoms with Gasteiger partial charge >= 0.3 is 0 Å². The van der Waals surface area contributed by atoms with Crippen LogP contribution < -0.4 is 10.1 Å². The Morgan fingerprint density at radius 2 is 1.71 bits per heavy atom. The van der Waals surface area contributed by atoms with Gasteiger partial charge in [-0.25, -0.2) is 4.39 Å². The molecule has 0 spiro atoms. The van der Waals surface area contributed by atoms with Crippen LogP contribution >= 0.6 is 11.6 Å². The maximum absolute atomic E-state index is 13.8. The molecular formula is C24H25ClFNO. The van der Waals surface area contributed by atoms with Crippen molar-refractivity contribution >= 4 is 11.6 Å². The van der Waals surface area contributed by atoms with Gasteiger partial charge in [-0.2, -0.15) is 0 Å². The van der Waals surface area contributed by atoms with E-state index < -0.39 is 0 Å². The smallest absolute Gasteiger partial charge is 0.131 e. The minimum Gasteiger partial charge on any atom is -0.489 e. The van der Waals surface area contributed by atoms with Gasteiger partial charge in [0.15, 0.2) is 0 Å². The summed E-state index contributed by atoms with van der Waals surface area (Å²) in [5.74, 6) is 0.340. The topological polar surface area (TPSA) is 21.3 Å². The van der Waals surface area contributed by atoms with Crippen molar-refractivity contribution in [2.45, 2.75) is 39.0 Å². The van der Waals surface area contributed by atoms with Crippen LogP contribution in [0, 0.1) is 5.82 Å². The van der Waals surface area contributed by atoms with Crippen LogP contribution in [0.4, 0.5) is 4.39 Å². The fourth-order valence-corrected chi connectivity index (χ4v) is 3.35. The first kappa shape index (κ1) is 20.4. The van der Waals surface area contributed by atoms with Gasteiger partial charge in [0.1, 0.15) is 18.2 Å². The molecule has 3 rings (SSSR count). The van der Waals surface area contributed by atoms with E-state index >= 15 is 0 Å². The number of nitrogens with one attached hydrogen (secondary N) is 1. The van der Waals surface area contributed by atoms with E-state index in [-0.39, 0.29) is 12.4 Å². The van der Waals surface area contributed by atoms with Crippen LogP contribution in [-0.4, -0.2) is 0 Å². The van der Waals surface area contributed by atoms with E-state index in [0.29, 0.717) is 22.4 Å². The zero-order valence-corrected chi connectivity index (χ0v) is 16.8. The first-order valence-electron chi connectivity index (χ1n) is 9.60. The lowest BCUT2D eigenvalue weighted by Gasteiger charge is -2.19. The summed E-state index contributed by atoms with van der Waals surface area (Å²) in [4.78, 5) is 0. The number of halogens is 2. The Kier molecular flexibility index (Phi) is 7.46. The minimum absolute atomic E-state index is 0.107. The van der Waals surface area contributed by atoms with Crippen molar-refractivity contribution in [2.75, 3.05) is 0 Å². The Bertz CT molecular complexity index is 847. The van der Waals surface area contributed by atoms with Gasteiger partial charge in [0.25, 0.3) is 0 Å². The average molecular weight is 398 g/mol. The van der Waals surface area contributed by atoms with Crippen LogP contribution in [0.5, 0.6) is 5.75 Å². The second kappa shape index (κ2) is 10.3. The molecule has 2 nitrogen and oxygen atoms in total. The number of rotatable bonds is 9. The number of hydrogen-bond acceptors (Lipinski definition) is 2. The average Bonchev–Trinajstić information content (AvgIpc) is 2.72. The summed E-state index contributed by atoms with van der Waals surface area (Å²) in [6, 6.07) is 23.4. The van der Waals surface area contributed by atoms with Gasteiger partial charge in [0.2, 0.25) is 0 Å². The van der Waals surface area contributed by atoms with Gasteiger partial charge in [-0.1, -0.05) is 73.5 Å². The standard InChI is InChI=1S/C24H25ClFNO/c1-2-7-24(19-8-4-3-5-9-19)27-16-18-12-14-20(15-13-18)28-17-21-22(25)10-6-11-23(21)26/h3-6,8-15,24,27H,2,7,16-17H2,1H3. The van der Waals surface area contributed by atoms with Gasteiger partial charge in [0, 0.05) is 18.2 Å². The number of benzene rings is 3. The van der Waals surface area contributed by atoms with E-state index in [9.17, 15) is 4.39 Å². The molecule has 1 unspecified atom stereocenters. The lowest BCUT2D eigenvalue weighted by Crippen LogP contribution is -2.20. The fraction of sp³-hybridized carbons (Fsp3) is 0.250. The molecule has 28 heavy (non-hydrogen) atoms. The van der Waals surface area contributed by atoms with Gasteiger partial charge in [-0.3, -0.25) is 0 Å².